The number of anilines is 2. The molecule has 20 heavy (non-hydrogen) atoms. The van der Waals surface area contributed by atoms with Gasteiger partial charge in [-0.2, -0.15) is 0 Å². The highest BCUT2D eigenvalue weighted by Crippen LogP contribution is 2.13. The molecule has 0 saturated carbocycles. The van der Waals surface area contributed by atoms with Gasteiger partial charge in [-0.05, 0) is 24.3 Å². The molecule has 0 atom stereocenters. The standard InChI is InChI=1S/C13H20N4O3/c1-14-13(19)17-11-5-3-10(4-6-11)16-12(18)9-15-7-8-20-2/h3-6,15H,7-9H2,1-2H3,(H,16,18)(H2,14,17,19). The summed E-state index contributed by atoms with van der Waals surface area (Å²) in [5.74, 6) is -0.131. The second kappa shape index (κ2) is 8.89. The van der Waals surface area contributed by atoms with E-state index in [1.54, 1.807) is 38.4 Å². The van der Waals surface area contributed by atoms with E-state index in [-0.39, 0.29) is 18.5 Å². The van der Waals surface area contributed by atoms with E-state index < -0.39 is 0 Å². The number of methoxy groups -OCH3 is 1. The molecule has 0 aliphatic heterocycles. The number of carbonyl (C=O) groups is 2. The van der Waals surface area contributed by atoms with Crippen LogP contribution in [-0.4, -0.2) is 45.8 Å². The molecule has 0 unspecified atom stereocenters. The van der Waals surface area contributed by atoms with Crippen LogP contribution < -0.4 is 21.3 Å². The van der Waals surface area contributed by atoms with E-state index in [2.05, 4.69) is 21.3 Å². The zero-order valence-electron chi connectivity index (χ0n) is 11.7. The Balaban J connectivity index is 2.37. The van der Waals surface area contributed by atoms with Crippen molar-refractivity contribution in [1.29, 1.82) is 0 Å². The van der Waals surface area contributed by atoms with Crippen molar-refractivity contribution in [2.75, 3.05) is 44.5 Å². The third-order valence-corrected chi connectivity index (χ3v) is 2.42. The molecule has 0 aliphatic carbocycles. The molecule has 4 N–H and O–H groups in total. The van der Waals surface area contributed by atoms with E-state index in [1.807, 2.05) is 0 Å². The molecule has 0 heterocycles. The van der Waals surface area contributed by atoms with Gasteiger partial charge in [-0.1, -0.05) is 0 Å². The van der Waals surface area contributed by atoms with Gasteiger partial charge in [-0.3, -0.25) is 4.79 Å². The minimum atomic E-state index is -0.288. The molecule has 0 aliphatic rings. The lowest BCUT2D eigenvalue weighted by molar-refractivity contribution is -0.115. The number of ether oxygens (including phenoxy) is 1. The van der Waals surface area contributed by atoms with E-state index in [0.717, 1.165) is 0 Å². The van der Waals surface area contributed by atoms with Gasteiger partial charge in [0.2, 0.25) is 5.91 Å². The predicted octanol–water partition coefficient (Wildman–Crippen LogP) is 0.612. The highest BCUT2D eigenvalue weighted by Gasteiger charge is 2.02. The number of hydrogen-bond donors (Lipinski definition) is 4. The van der Waals surface area contributed by atoms with Gasteiger partial charge < -0.3 is 26.0 Å². The minimum absolute atomic E-state index is 0.131. The number of nitrogens with one attached hydrogen (secondary N) is 4. The van der Waals surface area contributed by atoms with E-state index in [1.165, 1.54) is 0 Å². The van der Waals surface area contributed by atoms with Crippen molar-refractivity contribution in [1.82, 2.24) is 10.6 Å². The van der Waals surface area contributed by atoms with E-state index in [9.17, 15) is 9.59 Å². The Hall–Kier alpha value is -2.12. The Kier molecular flexibility index (Phi) is 7.08. The Morgan fingerprint density at radius 1 is 1.10 bits per heavy atom. The summed E-state index contributed by atoms with van der Waals surface area (Å²) in [5.41, 5.74) is 1.33. The monoisotopic (exact) mass is 280 g/mol. The number of benzene rings is 1. The molecular formula is C13H20N4O3. The van der Waals surface area contributed by atoms with E-state index >= 15 is 0 Å². The summed E-state index contributed by atoms with van der Waals surface area (Å²) in [7, 11) is 3.15. The van der Waals surface area contributed by atoms with Crippen LogP contribution in [0.5, 0.6) is 0 Å². The Morgan fingerprint density at radius 2 is 1.70 bits per heavy atom. The van der Waals surface area contributed by atoms with E-state index in [4.69, 9.17) is 4.74 Å². The van der Waals surface area contributed by atoms with Crippen LogP contribution in [0.3, 0.4) is 0 Å². The molecule has 0 aromatic heterocycles. The molecule has 1 rings (SSSR count). The molecule has 3 amide bonds. The number of amides is 3. The van der Waals surface area contributed by atoms with Crippen molar-refractivity contribution in [3.63, 3.8) is 0 Å². The molecule has 0 bridgehead atoms. The lowest BCUT2D eigenvalue weighted by atomic mass is 10.3. The second-order valence-electron chi connectivity index (χ2n) is 4.00. The summed E-state index contributed by atoms with van der Waals surface area (Å²) in [6, 6.07) is 6.58. The van der Waals surface area contributed by atoms with Crippen molar-refractivity contribution in [2.45, 2.75) is 0 Å². The molecular weight excluding hydrogens is 260 g/mol. The van der Waals surface area contributed by atoms with Crippen LogP contribution in [0.2, 0.25) is 0 Å². The Morgan fingerprint density at radius 3 is 2.25 bits per heavy atom. The van der Waals surface area contributed by atoms with E-state index in [0.29, 0.717) is 24.5 Å². The van der Waals surface area contributed by atoms with Crippen LogP contribution in [0, 0.1) is 0 Å². The molecule has 1 aromatic rings. The number of urea groups is 1. The summed E-state index contributed by atoms with van der Waals surface area (Å²) in [4.78, 5) is 22.7. The average molecular weight is 280 g/mol. The fourth-order valence-corrected chi connectivity index (χ4v) is 1.41. The van der Waals surface area contributed by atoms with Gasteiger partial charge in [0.15, 0.2) is 0 Å². The van der Waals surface area contributed by atoms with Crippen molar-refractivity contribution in [3.8, 4) is 0 Å². The summed E-state index contributed by atoms with van der Waals surface area (Å²) in [5, 5.41) is 10.8. The van der Waals surface area contributed by atoms with Crippen molar-refractivity contribution in [3.05, 3.63) is 24.3 Å². The molecule has 7 nitrogen and oxygen atoms in total. The van der Waals surface area contributed by atoms with Gasteiger partial charge in [0.25, 0.3) is 0 Å². The van der Waals surface area contributed by atoms with Crippen LogP contribution in [0.15, 0.2) is 24.3 Å². The quantitative estimate of drug-likeness (QED) is 0.551. The summed E-state index contributed by atoms with van der Waals surface area (Å²) in [6.45, 7) is 1.41. The maximum Gasteiger partial charge on any atom is 0.318 e. The molecule has 1 aromatic carbocycles. The van der Waals surface area contributed by atoms with Crippen LogP contribution in [0.25, 0.3) is 0 Å². The maximum absolute atomic E-state index is 11.6. The van der Waals surface area contributed by atoms with Crippen molar-refractivity contribution < 1.29 is 14.3 Å². The molecule has 7 heteroatoms. The molecule has 110 valence electrons. The lowest BCUT2D eigenvalue weighted by Crippen LogP contribution is -2.30. The van der Waals surface area contributed by atoms with Crippen LogP contribution in [0.4, 0.5) is 16.2 Å². The topological polar surface area (TPSA) is 91.5 Å². The van der Waals surface area contributed by atoms with Gasteiger partial charge in [0.1, 0.15) is 0 Å². The zero-order chi connectivity index (χ0) is 14.8. The van der Waals surface area contributed by atoms with Gasteiger partial charge in [-0.25, -0.2) is 4.79 Å². The van der Waals surface area contributed by atoms with Gasteiger partial charge >= 0.3 is 6.03 Å². The van der Waals surface area contributed by atoms with Crippen LogP contribution in [0.1, 0.15) is 0 Å². The second-order valence-corrected chi connectivity index (χ2v) is 4.00. The first-order valence-corrected chi connectivity index (χ1v) is 6.24. The predicted molar refractivity (Wildman–Crippen MR) is 77.9 cm³/mol. The Labute approximate surface area is 118 Å². The fraction of sp³-hybridized carbons (Fsp3) is 0.385. The van der Waals surface area contributed by atoms with Crippen molar-refractivity contribution >= 4 is 23.3 Å². The molecule has 0 spiro atoms. The summed E-state index contributed by atoms with van der Waals surface area (Å²) in [6.07, 6.45) is 0. The zero-order valence-corrected chi connectivity index (χ0v) is 11.7. The van der Waals surface area contributed by atoms with Gasteiger partial charge in [0.05, 0.1) is 13.2 Å². The van der Waals surface area contributed by atoms with Gasteiger partial charge in [0, 0.05) is 32.1 Å². The lowest BCUT2D eigenvalue weighted by Gasteiger charge is -2.08. The average Bonchev–Trinajstić information content (AvgIpc) is 2.45. The largest absolute Gasteiger partial charge is 0.383 e. The molecule has 0 fully saturated rings. The van der Waals surface area contributed by atoms with Crippen LogP contribution >= 0.6 is 0 Å². The molecule has 0 radical (unpaired) electrons. The molecule has 0 saturated heterocycles. The first-order valence-electron chi connectivity index (χ1n) is 6.24. The number of carbonyl (C=O) groups excluding carboxylic acids is 2. The maximum atomic E-state index is 11.6. The van der Waals surface area contributed by atoms with Gasteiger partial charge in [-0.15, -0.1) is 0 Å². The minimum Gasteiger partial charge on any atom is -0.383 e. The third kappa shape index (κ3) is 6.17. The smallest absolute Gasteiger partial charge is 0.318 e. The highest BCUT2D eigenvalue weighted by atomic mass is 16.5. The highest BCUT2D eigenvalue weighted by molar-refractivity contribution is 5.93. The normalized spacial score (nSPS) is 9.90. The van der Waals surface area contributed by atoms with Crippen LogP contribution in [-0.2, 0) is 9.53 Å². The Bertz CT molecular complexity index is 434. The third-order valence-electron chi connectivity index (χ3n) is 2.42. The first kappa shape index (κ1) is 15.9. The number of rotatable bonds is 7. The first-order chi connectivity index (χ1) is 9.65. The summed E-state index contributed by atoms with van der Waals surface area (Å²) < 4.78 is 4.86. The van der Waals surface area contributed by atoms with Crippen molar-refractivity contribution in [2.24, 2.45) is 0 Å². The summed E-state index contributed by atoms with van der Waals surface area (Å²) >= 11 is 0. The fourth-order valence-electron chi connectivity index (χ4n) is 1.41. The SMILES string of the molecule is CNC(=O)Nc1ccc(NC(=O)CNCCOC)cc1. The number of hydrogen-bond acceptors (Lipinski definition) is 4.